The monoisotopic (exact) mass is 473 g/mol. The summed E-state index contributed by atoms with van der Waals surface area (Å²) in [5, 5.41) is 17.2. The predicted molar refractivity (Wildman–Crippen MR) is 131 cm³/mol. The number of aryl methyl sites for hydroxylation is 2. The summed E-state index contributed by atoms with van der Waals surface area (Å²) in [5.74, 6) is 3.48. The number of rotatable bonds is 9. The van der Waals surface area contributed by atoms with E-state index in [-0.39, 0.29) is 5.91 Å². The highest BCUT2D eigenvalue weighted by Crippen LogP contribution is 2.27. The average Bonchev–Trinajstić information content (AvgIpc) is 3.47. The van der Waals surface area contributed by atoms with Crippen LogP contribution in [0, 0.1) is 6.92 Å². The number of nitrogens with one attached hydrogen (secondary N) is 1. The number of fused-ring (bicyclic) bond motifs is 6. The Balaban J connectivity index is 1.22. The lowest BCUT2D eigenvalue weighted by atomic mass is 10.1. The van der Waals surface area contributed by atoms with Gasteiger partial charge >= 0.3 is 0 Å². The van der Waals surface area contributed by atoms with E-state index < -0.39 is 0 Å². The number of para-hydroxylation sites is 1. The lowest BCUT2D eigenvalue weighted by molar-refractivity contribution is -0.121. The molecule has 10 heteroatoms. The second-order valence-corrected chi connectivity index (χ2v) is 8.31. The Labute approximate surface area is 201 Å². The topological polar surface area (TPSA) is 108 Å². The molecular weight excluding hydrogens is 446 g/mol. The Bertz CT molecular complexity index is 1520. The van der Waals surface area contributed by atoms with E-state index in [0.29, 0.717) is 55.3 Å². The first kappa shape index (κ1) is 22.6. The minimum atomic E-state index is 0.0125. The van der Waals surface area contributed by atoms with Crippen molar-refractivity contribution in [3.8, 4) is 11.5 Å². The molecule has 0 aliphatic rings. The van der Waals surface area contributed by atoms with Gasteiger partial charge in [0.2, 0.25) is 5.91 Å². The minimum Gasteiger partial charge on any atom is -0.493 e. The van der Waals surface area contributed by atoms with Gasteiger partial charge in [-0.3, -0.25) is 9.20 Å². The van der Waals surface area contributed by atoms with Crippen LogP contribution in [0.25, 0.3) is 22.3 Å². The molecule has 0 aliphatic carbocycles. The summed E-state index contributed by atoms with van der Waals surface area (Å²) in [4.78, 5) is 17.0. The van der Waals surface area contributed by atoms with Gasteiger partial charge in [-0.15, -0.1) is 15.3 Å². The SMILES string of the molecule is COc1ccc(CCNC(=O)CCCc2nnc3n4nc(C)nc4c4ccccc4n23)cc1OC. The fraction of sp³-hybridized carbons (Fsp3) is 0.320. The number of carbonyl (C=O) groups excluding carboxylic acids is 1. The zero-order chi connectivity index (χ0) is 24.4. The van der Waals surface area contributed by atoms with E-state index in [9.17, 15) is 4.79 Å². The molecule has 0 saturated carbocycles. The Hall–Kier alpha value is -4.21. The number of methoxy groups -OCH3 is 2. The Kier molecular flexibility index (Phi) is 6.17. The van der Waals surface area contributed by atoms with Crippen LogP contribution in [0.5, 0.6) is 11.5 Å². The zero-order valence-corrected chi connectivity index (χ0v) is 20.0. The smallest absolute Gasteiger partial charge is 0.258 e. The third kappa shape index (κ3) is 4.34. The quantitative estimate of drug-likeness (QED) is 0.351. The van der Waals surface area contributed by atoms with Crippen LogP contribution in [0.1, 0.15) is 30.1 Å². The molecule has 0 spiro atoms. The van der Waals surface area contributed by atoms with Gasteiger partial charge in [-0.25, -0.2) is 4.98 Å². The lowest BCUT2D eigenvalue weighted by Crippen LogP contribution is -2.25. The molecule has 35 heavy (non-hydrogen) atoms. The van der Waals surface area contributed by atoms with Gasteiger partial charge in [0.15, 0.2) is 17.1 Å². The maximum absolute atomic E-state index is 12.4. The normalized spacial score (nSPS) is 11.4. The highest BCUT2D eigenvalue weighted by atomic mass is 16.5. The molecule has 0 radical (unpaired) electrons. The van der Waals surface area contributed by atoms with Crippen molar-refractivity contribution in [1.29, 1.82) is 0 Å². The van der Waals surface area contributed by atoms with Gasteiger partial charge in [0.25, 0.3) is 5.78 Å². The number of aromatic nitrogens is 6. The first-order valence-electron chi connectivity index (χ1n) is 11.5. The van der Waals surface area contributed by atoms with Crippen molar-refractivity contribution in [2.75, 3.05) is 20.8 Å². The van der Waals surface area contributed by atoms with Crippen LogP contribution in [-0.2, 0) is 17.6 Å². The van der Waals surface area contributed by atoms with E-state index in [0.717, 1.165) is 27.9 Å². The van der Waals surface area contributed by atoms with E-state index in [2.05, 4.69) is 25.6 Å². The van der Waals surface area contributed by atoms with Crippen molar-refractivity contribution in [3.05, 3.63) is 59.7 Å². The molecule has 10 nitrogen and oxygen atoms in total. The fourth-order valence-electron chi connectivity index (χ4n) is 4.32. The van der Waals surface area contributed by atoms with E-state index in [1.807, 2.05) is 53.8 Å². The van der Waals surface area contributed by atoms with Crippen LogP contribution < -0.4 is 14.8 Å². The number of benzene rings is 2. The van der Waals surface area contributed by atoms with Crippen LogP contribution >= 0.6 is 0 Å². The highest BCUT2D eigenvalue weighted by molar-refractivity contribution is 5.93. The predicted octanol–water partition coefficient (Wildman–Crippen LogP) is 2.93. The van der Waals surface area contributed by atoms with E-state index in [1.54, 1.807) is 18.7 Å². The van der Waals surface area contributed by atoms with E-state index in [4.69, 9.17) is 9.47 Å². The summed E-state index contributed by atoms with van der Waals surface area (Å²) in [5.41, 5.74) is 2.81. The van der Waals surface area contributed by atoms with Gasteiger partial charge in [-0.05, 0) is 49.6 Å². The van der Waals surface area contributed by atoms with Crippen LogP contribution in [0.2, 0.25) is 0 Å². The van der Waals surface area contributed by atoms with Crippen LogP contribution in [0.4, 0.5) is 0 Å². The standard InChI is InChI=1S/C25H27N7O3/c1-16-27-24-18-7-4-5-8-19(18)31-22(28-29-25(31)32(24)30-16)9-6-10-23(33)26-14-13-17-11-12-20(34-2)21(15-17)35-3/h4-5,7-8,11-12,15H,6,9-10,13-14H2,1-3H3,(H,26,33). The van der Waals surface area contributed by atoms with Gasteiger partial charge in [-0.1, -0.05) is 18.2 Å². The number of nitrogens with zero attached hydrogens (tertiary/aromatic N) is 6. The number of hydrogen-bond acceptors (Lipinski definition) is 7. The maximum Gasteiger partial charge on any atom is 0.258 e. The number of amides is 1. The van der Waals surface area contributed by atoms with Crippen LogP contribution in [0.15, 0.2) is 42.5 Å². The molecule has 0 unspecified atom stereocenters. The molecule has 2 aromatic carbocycles. The Morgan fingerprint density at radius 2 is 1.86 bits per heavy atom. The zero-order valence-electron chi connectivity index (χ0n) is 20.0. The summed E-state index contributed by atoms with van der Waals surface area (Å²) in [6.07, 6.45) is 2.39. The molecule has 1 amide bonds. The van der Waals surface area contributed by atoms with Crippen LogP contribution in [0.3, 0.4) is 0 Å². The van der Waals surface area contributed by atoms with Crippen LogP contribution in [-0.4, -0.2) is 55.9 Å². The van der Waals surface area contributed by atoms with Gasteiger partial charge in [-0.2, -0.15) is 4.52 Å². The van der Waals surface area contributed by atoms with Crippen molar-refractivity contribution < 1.29 is 14.3 Å². The Morgan fingerprint density at radius 1 is 1.03 bits per heavy atom. The van der Waals surface area contributed by atoms with Gasteiger partial charge in [0, 0.05) is 24.8 Å². The molecule has 0 atom stereocenters. The maximum atomic E-state index is 12.4. The van der Waals surface area contributed by atoms with Crippen molar-refractivity contribution in [2.45, 2.75) is 32.6 Å². The molecule has 180 valence electrons. The lowest BCUT2D eigenvalue weighted by Gasteiger charge is -2.10. The first-order chi connectivity index (χ1) is 17.1. The van der Waals surface area contributed by atoms with Crippen molar-refractivity contribution in [1.82, 2.24) is 34.5 Å². The van der Waals surface area contributed by atoms with E-state index >= 15 is 0 Å². The molecule has 5 aromatic rings. The molecule has 3 aromatic heterocycles. The molecule has 0 fully saturated rings. The fourth-order valence-corrected chi connectivity index (χ4v) is 4.32. The summed E-state index contributed by atoms with van der Waals surface area (Å²) in [6.45, 7) is 2.41. The third-order valence-corrected chi connectivity index (χ3v) is 5.99. The summed E-state index contributed by atoms with van der Waals surface area (Å²) in [6, 6.07) is 13.8. The van der Waals surface area contributed by atoms with E-state index in [1.165, 1.54) is 0 Å². The van der Waals surface area contributed by atoms with Gasteiger partial charge in [0.05, 0.1) is 19.7 Å². The molecule has 3 heterocycles. The number of ether oxygens (including phenoxy) is 2. The first-order valence-corrected chi connectivity index (χ1v) is 11.5. The molecule has 0 bridgehead atoms. The molecule has 0 aliphatic heterocycles. The molecule has 5 rings (SSSR count). The third-order valence-electron chi connectivity index (χ3n) is 5.99. The summed E-state index contributed by atoms with van der Waals surface area (Å²) < 4.78 is 14.3. The largest absolute Gasteiger partial charge is 0.493 e. The molecule has 1 N–H and O–H groups in total. The average molecular weight is 474 g/mol. The van der Waals surface area contributed by atoms with Crippen molar-refractivity contribution in [3.63, 3.8) is 0 Å². The van der Waals surface area contributed by atoms with Crippen molar-refractivity contribution >= 4 is 28.2 Å². The molecule has 0 saturated heterocycles. The second kappa shape index (κ2) is 9.57. The van der Waals surface area contributed by atoms with Gasteiger partial charge < -0.3 is 14.8 Å². The number of hydrogen-bond donors (Lipinski definition) is 1. The minimum absolute atomic E-state index is 0.0125. The number of carbonyl (C=O) groups is 1. The Morgan fingerprint density at radius 3 is 2.69 bits per heavy atom. The summed E-state index contributed by atoms with van der Waals surface area (Å²) in [7, 11) is 3.22. The second-order valence-electron chi connectivity index (χ2n) is 8.31. The highest BCUT2D eigenvalue weighted by Gasteiger charge is 2.17. The summed E-state index contributed by atoms with van der Waals surface area (Å²) >= 11 is 0. The van der Waals surface area contributed by atoms with Gasteiger partial charge in [0.1, 0.15) is 11.6 Å². The van der Waals surface area contributed by atoms with Crippen molar-refractivity contribution in [2.24, 2.45) is 0 Å². The molecular formula is C25H27N7O3.